The van der Waals surface area contributed by atoms with Gasteiger partial charge in [0.25, 0.3) is 0 Å². The predicted molar refractivity (Wildman–Crippen MR) is 72.3 cm³/mol. The van der Waals surface area contributed by atoms with E-state index in [-0.39, 0.29) is 0 Å². The van der Waals surface area contributed by atoms with Gasteiger partial charge in [-0.1, -0.05) is 0 Å². The molecule has 2 rings (SSSR count). The number of likely N-dealkylation sites (N-methyl/N-ethyl adjacent to an activating group) is 1. The number of hydrogen-bond donors (Lipinski definition) is 1. The monoisotopic (exact) mass is 243 g/mol. The van der Waals surface area contributed by atoms with Crippen LogP contribution in [0.1, 0.15) is 12.8 Å². The SMILES string of the molecule is CNC1CCCN(CCN2CCSCC2)C1. The highest BCUT2D eigenvalue weighted by Gasteiger charge is 2.19. The summed E-state index contributed by atoms with van der Waals surface area (Å²) in [7, 11) is 2.09. The summed E-state index contributed by atoms with van der Waals surface area (Å²) in [6.45, 7) is 7.70. The Balaban J connectivity index is 1.64. The van der Waals surface area contributed by atoms with Crippen LogP contribution in [0.3, 0.4) is 0 Å². The predicted octanol–water partition coefficient (Wildman–Crippen LogP) is 0.719. The average Bonchev–Trinajstić information content (AvgIpc) is 2.38. The van der Waals surface area contributed by atoms with Crippen LogP contribution in [0.2, 0.25) is 0 Å². The Morgan fingerprint density at radius 3 is 2.62 bits per heavy atom. The Labute approximate surface area is 104 Å². The van der Waals surface area contributed by atoms with Crippen LogP contribution in [0.15, 0.2) is 0 Å². The summed E-state index contributed by atoms with van der Waals surface area (Å²) in [6.07, 6.45) is 2.72. The molecule has 0 aromatic carbocycles. The van der Waals surface area contributed by atoms with Crippen molar-refractivity contribution < 1.29 is 0 Å². The number of hydrogen-bond acceptors (Lipinski definition) is 4. The lowest BCUT2D eigenvalue weighted by atomic mass is 10.1. The molecule has 0 aromatic rings. The van der Waals surface area contributed by atoms with Crippen molar-refractivity contribution in [3.05, 3.63) is 0 Å². The zero-order chi connectivity index (χ0) is 11.2. The van der Waals surface area contributed by atoms with Gasteiger partial charge in [0.05, 0.1) is 0 Å². The molecular weight excluding hydrogens is 218 g/mol. The molecule has 0 aliphatic carbocycles. The van der Waals surface area contributed by atoms with Gasteiger partial charge in [0, 0.05) is 50.3 Å². The molecule has 94 valence electrons. The summed E-state index contributed by atoms with van der Waals surface area (Å²) in [5, 5.41) is 3.41. The minimum absolute atomic E-state index is 0.727. The van der Waals surface area contributed by atoms with Crippen LogP contribution >= 0.6 is 11.8 Å². The van der Waals surface area contributed by atoms with Gasteiger partial charge >= 0.3 is 0 Å². The summed E-state index contributed by atoms with van der Waals surface area (Å²) in [6, 6.07) is 0.727. The van der Waals surface area contributed by atoms with Crippen LogP contribution in [0.5, 0.6) is 0 Å². The molecule has 0 aromatic heterocycles. The van der Waals surface area contributed by atoms with E-state index in [0.29, 0.717) is 0 Å². The molecule has 0 radical (unpaired) electrons. The van der Waals surface area contributed by atoms with E-state index in [4.69, 9.17) is 0 Å². The molecule has 0 amide bonds. The maximum absolute atomic E-state index is 3.41. The Kier molecular flexibility index (Phi) is 5.42. The number of piperidine rings is 1. The third-order valence-corrected chi connectivity index (χ3v) is 4.69. The molecule has 1 atom stereocenters. The topological polar surface area (TPSA) is 18.5 Å². The number of nitrogens with zero attached hydrogens (tertiary/aromatic N) is 2. The molecule has 2 heterocycles. The van der Waals surface area contributed by atoms with Gasteiger partial charge in [-0.25, -0.2) is 0 Å². The van der Waals surface area contributed by atoms with Crippen molar-refractivity contribution in [3.63, 3.8) is 0 Å². The highest BCUT2D eigenvalue weighted by molar-refractivity contribution is 7.99. The summed E-state index contributed by atoms with van der Waals surface area (Å²) >= 11 is 2.10. The van der Waals surface area contributed by atoms with Gasteiger partial charge in [-0.3, -0.25) is 0 Å². The minimum atomic E-state index is 0.727. The zero-order valence-corrected chi connectivity index (χ0v) is 11.3. The Hall–Kier alpha value is 0.230. The van der Waals surface area contributed by atoms with Crippen molar-refractivity contribution in [3.8, 4) is 0 Å². The number of thioether (sulfide) groups is 1. The lowest BCUT2D eigenvalue weighted by Crippen LogP contribution is -2.47. The molecule has 2 saturated heterocycles. The lowest BCUT2D eigenvalue weighted by molar-refractivity contribution is 0.167. The van der Waals surface area contributed by atoms with Gasteiger partial charge in [-0.15, -0.1) is 0 Å². The average molecular weight is 243 g/mol. The van der Waals surface area contributed by atoms with E-state index >= 15 is 0 Å². The zero-order valence-electron chi connectivity index (χ0n) is 10.5. The molecule has 2 aliphatic heterocycles. The molecule has 0 bridgehead atoms. The standard InChI is InChI=1S/C12H25N3S/c1-13-12-3-2-4-15(11-12)6-5-14-7-9-16-10-8-14/h12-13H,2-11H2,1H3. The van der Waals surface area contributed by atoms with E-state index in [2.05, 4.69) is 33.9 Å². The van der Waals surface area contributed by atoms with Crippen molar-refractivity contribution in [1.82, 2.24) is 15.1 Å². The first-order chi connectivity index (χ1) is 7.88. The van der Waals surface area contributed by atoms with E-state index in [1.54, 1.807) is 0 Å². The Bertz CT molecular complexity index is 195. The first kappa shape index (κ1) is 12.7. The van der Waals surface area contributed by atoms with Crippen LogP contribution in [0.25, 0.3) is 0 Å². The third-order valence-electron chi connectivity index (χ3n) is 3.75. The fourth-order valence-corrected chi connectivity index (χ4v) is 3.58. The maximum atomic E-state index is 3.41. The number of likely N-dealkylation sites (tertiary alicyclic amines) is 1. The van der Waals surface area contributed by atoms with E-state index in [0.717, 1.165) is 6.04 Å². The molecular formula is C12H25N3S. The fourth-order valence-electron chi connectivity index (χ4n) is 2.60. The van der Waals surface area contributed by atoms with Gasteiger partial charge in [0.15, 0.2) is 0 Å². The fraction of sp³-hybridized carbons (Fsp3) is 1.00. The molecule has 3 nitrogen and oxygen atoms in total. The summed E-state index contributed by atoms with van der Waals surface area (Å²) < 4.78 is 0. The molecule has 1 unspecified atom stereocenters. The van der Waals surface area contributed by atoms with Crippen LogP contribution in [-0.2, 0) is 0 Å². The second kappa shape index (κ2) is 6.84. The highest BCUT2D eigenvalue weighted by Crippen LogP contribution is 2.11. The van der Waals surface area contributed by atoms with Gasteiger partial charge in [0.1, 0.15) is 0 Å². The Morgan fingerprint density at radius 2 is 1.88 bits per heavy atom. The highest BCUT2D eigenvalue weighted by atomic mass is 32.2. The number of rotatable bonds is 4. The lowest BCUT2D eigenvalue weighted by Gasteiger charge is -2.34. The van der Waals surface area contributed by atoms with Gasteiger partial charge in [0.2, 0.25) is 0 Å². The maximum Gasteiger partial charge on any atom is 0.0192 e. The van der Waals surface area contributed by atoms with Crippen molar-refractivity contribution in [2.45, 2.75) is 18.9 Å². The van der Waals surface area contributed by atoms with Gasteiger partial charge in [-0.2, -0.15) is 11.8 Å². The normalized spacial score (nSPS) is 29.4. The van der Waals surface area contributed by atoms with Crippen molar-refractivity contribution in [1.29, 1.82) is 0 Å². The third kappa shape index (κ3) is 3.91. The second-order valence-corrected chi connectivity index (χ2v) is 6.11. The van der Waals surface area contributed by atoms with Crippen LogP contribution < -0.4 is 5.32 Å². The molecule has 1 N–H and O–H groups in total. The van der Waals surface area contributed by atoms with Crippen LogP contribution in [0, 0.1) is 0 Å². The quantitative estimate of drug-likeness (QED) is 0.784. The smallest absolute Gasteiger partial charge is 0.0192 e. The Morgan fingerprint density at radius 1 is 1.12 bits per heavy atom. The van der Waals surface area contributed by atoms with Crippen LogP contribution in [-0.4, -0.2) is 73.7 Å². The second-order valence-electron chi connectivity index (χ2n) is 4.88. The van der Waals surface area contributed by atoms with Crippen molar-refractivity contribution in [2.24, 2.45) is 0 Å². The van der Waals surface area contributed by atoms with Gasteiger partial charge in [-0.05, 0) is 26.4 Å². The molecule has 2 fully saturated rings. The van der Waals surface area contributed by atoms with E-state index in [9.17, 15) is 0 Å². The van der Waals surface area contributed by atoms with Crippen molar-refractivity contribution >= 4 is 11.8 Å². The molecule has 4 heteroatoms. The van der Waals surface area contributed by atoms with E-state index in [1.807, 2.05) is 0 Å². The molecule has 2 aliphatic rings. The summed E-state index contributed by atoms with van der Waals surface area (Å²) in [5.41, 5.74) is 0. The number of nitrogens with one attached hydrogen (secondary N) is 1. The minimum Gasteiger partial charge on any atom is -0.316 e. The van der Waals surface area contributed by atoms with Gasteiger partial charge < -0.3 is 15.1 Å². The molecule has 0 saturated carbocycles. The largest absolute Gasteiger partial charge is 0.316 e. The molecule has 0 spiro atoms. The van der Waals surface area contributed by atoms with E-state index in [1.165, 1.54) is 63.6 Å². The first-order valence-electron chi connectivity index (χ1n) is 6.58. The van der Waals surface area contributed by atoms with Crippen molar-refractivity contribution in [2.75, 3.05) is 57.8 Å². The van der Waals surface area contributed by atoms with E-state index < -0.39 is 0 Å². The summed E-state index contributed by atoms with van der Waals surface area (Å²) in [5.74, 6) is 2.66. The van der Waals surface area contributed by atoms with Crippen LogP contribution in [0.4, 0.5) is 0 Å². The summed E-state index contributed by atoms with van der Waals surface area (Å²) in [4.78, 5) is 5.26. The molecule has 16 heavy (non-hydrogen) atoms. The first-order valence-corrected chi connectivity index (χ1v) is 7.73.